The van der Waals surface area contributed by atoms with Crippen molar-refractivity contribution in [3.63, 3.8) is 0 Å². The molecule has 0 heterocycles. The van der Waals surface area contributed by atoms with Crippen LogP contribution in [0.2, 0.25) is 0 Å². The van der Waals surface area contributed by atoms with Crippen LogP contribution in [0.3, 0.4) is 0 Å². The molecule has 1 unspecified atom stereocenters. The maximum atomic E-state index is 11.1. The third-order valence-corrected chi connectivity index (χ3v) is 3.68. The van der Waals surface area contributed by atoms with E-state index in [9.17, 15) is 5.11 Å². The molecule has 0 spiro atoms. The first-order valence-corrected chi connectivity index (χ1v) is 7.06. The second-order valence-electron chi connectivity index (χ2n) is 5.19. The van der Waals surface area contributed by atoms with E-state index in [0.29, 0.717) is 28.4 Å². The summed E-state index contributed by atoms with van der Waals surface area (Å²) in [6.07, 6.45) is 5.67. The van der Waals surface area contributed by atoms with E-state index in [-0.39, 0.29) is 0 Å². The van der Waals surface area contributed by atoms with E-state index < -0.39 is 5.60 Å². The molecule has 0 amide bonds. The molecule has 0 radical (unpaired) electrons. The zero-order valence-electron chi connectivity index (χ0n) is 13.7. The lowest BCUT2D eigenvalue weighted by Crippen LogP contribution is -2.25. The molecule has 0 saturated heterocycles. The monoisotopic (exact) mass is 312 g/mol. The summed E-state index contributed by atoms with van der Waals surface area (Å²) >= 11 is 0. The van der Waals surface area contributed by atoms with Crippen LogP contribution < -0.4 is 14.2 Å². The Labute approximate surface area is 136 Å². The lowest BCUT2D eigenvalue weighted by molar-refractivity contribution is 0.144. The zero-order chi connectivity index (χ0) is 17.0. The van der Waals surface area contributed by atoms with E-state index in [1.54, 1.807) is 45.6 Å². The van der Waals surface area contributed by atoms with Gasteiger partial charge in [0.05, 0.1) is 21.3 Å². The van der Waals surface area contributed by atoms with Gasteiger partial charge in [0.15, 0.2) is 5.60 Å². The number of hydrogen-bond donors (Lipinski definition) is 1. The van der Waals surface area contributed by atoms with Gasteiger partial charge in [0.25, 0.3) is 0 Å². The Bertz CT molecular complexity index is 723. The smallest absolute Gasteiger partial charge is 0.177 e. The summed E-state index contributed by atoms with van der Waals surface area (Å²) in [7, 11) is 4.66. The number of rotatable bonds is 5. The Hall–Kier alpha value is -2.64. The molecule has 0 aromatic heterocycles. The minimum Gasteiger partial charge on any atom is -0.497 e. The van der Waals surface area contributed by atoms with Crippen molar-refractivity contribution in [3.05, 3.63) is 53.1 Å². The molecular weight excluding hydrogens is 292 g/mol. The Morgan fingerprint density at radius 2 is 1.26 bits per heavy atom. The van der Waals surface area contributed by atoms with E-state index in [1.165, 1.54) is 0 Å². The maximum absolute atomic E-state index is 11.1. The van der Waals surface area contributed by atoms with Crippen molar-refractivity contribution in [2.45, 2.75) is 12.5 Å². The van der Waals surface area contributed by atoms with Crippen molar-refractivity contribution in [1.82, 2.24) is 0 Å². The van der Waals surface area contributed by atoms with Gasteiger partial charge >= 0.3 is 0 Å². The SMILES string of the molecule is C#CC(O)(c1cc(C)cc(OC)c1)c1cc(OC)cc(OC)c1. The molecular formula is C19H20O4. The fraction of sp³-hybridized carbons (Fsp3) is 0.263. The maximum Gasteiger partial charge on any atom is 0.177 e. The third kappa shape index (κ3) is 3.25. The van der Waals surface area contributed by atoms with Crippen LogP contribution in [0.25, 0.3) is 0 Å². The van der Waals surface area contributed by atoms with Crippen molar-refractivity contribution in [3.8, 4) is 29.6 Å². The highest BCUT2D eigenvalue weighted by Gasteiger charge is 2.31. The molecule has 4 nitrogen and oxygen atoms in total. The predicted octanol–water partition coefficient (Wildman–Crippen LogP) is 2.89. The Morgan fingerprint density at radius 1 is 0.826 bits per heavy atom. The number of hydrogen-bond acceptors (Lipinski definition) is 4. The second-order valence-corrected chi connectivity index (χ2v) is 5.19. The fourth-order valence-electron chi connectivity index (χ4n) is 2.42. The van der Waals surface area contributed by atoms with Crippen LogP contribution in [-0.4, -0.2) is 26.4 Å². The van der Waals surface area contributed by atoms with Gasteiger partial charge in [-0.3, -0.25) is 0 Å². The largest absolute Gasteiger partial charge is 0.497 e. The summed E-state index contributed by atoms with van der Waals surface area (Å²) in [5, 5.41) is 11.1. The zero-order valence-corrected chi connectivity index (χ0v) is 13.7. The number of aliphatic hydroxyl groups is 1. The molecule has 2 rings (SSSR count). The van der Waals surface area contributed by atoms with Crippen LogP contribution in [0, 0.1) is 19.3 Å². The lowest BCUT2D eigenvalue weighted by Gasteiger charge is -2.25. The van der Waals surface area contributed by atoms with Crippen LogP contribution in [0.5, 0.6) is 17.2 Å². The van der Waals surface area contributed by atoms with E-state index in [2.05, 4.69) is 5.92 Å². The summed E-state index contributed by atoms with van der Waals surface area (Å²) in [4.78, 5) is 0. The van der Waals surface area contributed by atoms with Gasteiger partial charge in [-0.15, -0.1) is 6.42 Å². The van der Waals surface area contributed by atoms with Gasteiger partial charge in [0, 0.05) is 17.2 Å². The highest BCUT2D eigenvalue weighted by Crippen LogP contribution is 2.36. The Kier molecular flexibility index (Phi) is 4.83. The summed E-state index contributed by atoms with van der Waals surface area (Å²) in [6, 6.07) is 10.5. The number of ether oxygens (including phenoxy) is 3. The average molecular weight is 312 g/mol. The second kappa shape index (κ2) is 6.64. The lowest BCUT2D eigenvalue weighted by atomic mass is 9.86. The van der Waals surface area contributed by atoms with E-state index in [4.69, 9.17) is 20.6 Å². The quantitative estimate of drug-likeness (QED) is 0.863. The third-order valence-electron chi connectivity index (χ3n) is 3.68. The molecule has 0 fully saturated rings. The van der Waals surface area contributed by atoms with Gasteiger partial charge in [-0.1, -0.05) is 12.0 Å². The summed E-state index contributed by atoms with van der Waals surface area (Å²) in [5.41, 5.74) is 0.347. The first-order valence-electron chi connectivity index (χ1n) is 7.06. The van der Waals surface area contributed by atoms with Crippen LogP contribution in [0.15, 0.2) is 36.4 Å². The minimum absolute atomic E-state index is 0.490. The van der Waals surface area contributed by atoms with Crippen LogP contribution in [-0.2, 0) is 5.60 Å². The van der Waals surface area contributed by atoms with Gasteiger partial charge in [0.1, 0.15) is 17.2 Å². The normalized spacial score (nSPS) is 12.9. The molecule has 120 valence electrons. The van der Waals surface area contributed by atoms with E-state index >= 15 is 0 Å². The Morgan fingerprint density at radius 3 is 1.70 bits per heavy atom. The number of aryl methyl sites for hydroxylation is 1. The van der Waals surface area contributed by atoms with Crippen molar-refractivity contribution < 1.29 is 19.3 Å². The highest BCUT2D eigenvalue weighted by molar-refractivity contribution is 5.51. The molecule has 4 heteroatoms. The van der Waals surface area contributed by atoms with Crippen LogP contribution in [0.1, 0.15) is 16.7 Å². The molecule has 2 aromatic carbocycles. The predicted molar refractivity (Wildman–Crippen MR) is 89.1 cm³/mol. The topological polar surface area (TPSA) is 47.9 Å². The molecule has 2 aromatic rings. The molecule has 1 atom stereocenters. The standard InChI is InChI=1S/C19H20O4/c1-6-19(20,14-7-13(2)8-16(9-14)21-3)15-10-17(22-4)12-18(11-15)23-5/h1,7-12,20H,2-5H3. The molecule has 0 saturated carbocycles. The first-order chi connectivity index (χ1) is 11.0. The Balaban J connectivity index is 2.66. The first kappa shape index (κ1) is 16.7. The molecule has 0 aliphatic rings. The fourth-order valence-corrected chi connectivity index (χ4v) is 2.42. The number of terminal acetylenes is 1. The van der Waals surface area contributed by atoms with Gasteiger partial charge in [0.2, 0.25) is 0 Å². The van der Waals surface area contributed by atoms with E-state index in [0.717, 1.165) is 5.56 Å². The molecule has 23 heavy (non-hydrogen) atoms. The van der Waals surface area contributed by atoms with Crippen molar-refractivity contribution in [1.29, 1.82) is 0 Å². The molecule has 0 aliphatic heterocycles. The summed E-state index contributed by atoms with van der Waals surface area (Å²) in [5.74, 6) is 4.21. The number of methoxy groups -OCH3 is 3. The van der Waals surface area contributed by atoms with Gasteiger partial charge in [-0.05, 0) is 36.8 Å². The summed E-state index contributed by atoms with van der Waals surface area (Å²) in [6.45, 7) is 1.91. The molecule has 1 N–H and O–H groups in total. The molecule has 0 aliphatic carbocycles. The molecule has 0 bridgehead atoms. The van der Waals surface area contributed by atoms with Gasteiger partial charge in [-0.25, -0.2) is 0 Å². The van der Waals surface area contributed by atoms with Crippen LogP contribution in [0.4, 0.5) is 0 Å². The van der Waals surface area contributed by atoms with Crippen molar-refractivity contribution in [2.75, 3.05) is 21.3 Å². The van der Waals surface area contributed by atoms with Crippen molar-refractivity contribution in [2.24, 2.45) is 0 Å². The number of benzene rings is 2. The summed E-state index contributed by atoms with van der Waals surface area (Å²) < 4.78 is 15.8. The van der Waals surface area contributed by atoms with Crippen LogP contribution >= 0.6 is 0 Å². The minimum atomic E-state index is -1.62. The van der Waals surface area contributed by atoms with Gasteiger partial charge in [-0.2, -0.15) is 0 Å². The van der Waals surface area contributed by atoms with E-state index in [1.807, 2.05) is 19.1 Å². The highest BCUT2D eigenvalue weighted by atomic mass is 16.5. The average Bonchev–Trinajstić information content (AvgIpc) is 2.59. The van der Waals surface area contributed by atoms with Gasteiger partial charge < -0.3 is 19.3 Å². The van der Waals surface area contributed by atoms with Crippen molar-refractivity contribution >= 4 is 0 Å².